The van der Waals surface area contributed by atoms with E-state index in [-0.39, 0.29) is 0 Å². The Morgan fingerprint density at radius 3 is 2.86 bits per heavy atom. The van der Waals surface area contributed by atoms with Gasteiger partial charge in [-0.15, -0.1) is 0 Å². The van der Waals surface area contributed by atoms with Crippen LogP contribution in [0.4, 0.5) is 0 Å². The average molecular weight is 262 g/mol. The Balaban J connectivity index is 2.05. The molecule has 1 heterocycles. The van der Waals surface area contributed by atoms with Crippen molar-refractivity contribution in [3.05, 3.63) is 0 Å². The van der Waals surface area contributed by atoms with Crippen molar-refractivity contribution in [2.75, 3.05) is 25.0 Å². The van der Waals surface area contributed by atoms with Gasteiger partial charge in [-0.25, -0.2) is 0 Å². The van der Waals surface area contributed by atoms with Gasteiger partial charge in [-0.2, -0.15) is 0 Å². The summed E-state index contributed by atoms with van der Waals surface area (Å²) in [4.78, 5) is 2.66. The van der Waals surface area contributed by atoms with Crippen LogP contribution in [-0.4, -0.2) is 29.9 Å². The van der Waals surface area contributed by atoms with E-state index in [1.807, 2.05) is 0 Å². The lowest BCUT2D eigenvalue weighted by atomic mass is 10.00. The molecule has 1 aliphatic rings. The molecule has 0 aromatic heterocycles. The van der Waals surface area contributed by atoms with Crippen LogP contribution < -0.4 is 0 Å². The van der Waals surface area contributed by atoms with E-state index in [4.69, 9.17) is 0 Å². The van der Waals surface area contributed by atoms with Gasteiger partial charge in [0.2, 0.25) is 0 Å². The van der Waals surface area contributed by atoms with Gasteiger partial charge in [0.05, 0.1) is 0 Å². The van der Waals surface area contributed by atoms with Crippen molar-refractivity contribution in [2.24, 2.45) is 5.92 Å². The maximum absolute atomic E-state index is 3.60. The maximum Gasteiger partial charge on any atom is 0.00718 e. The minimum Gasteiger partial charge on any atom is -0.303 e. The number of rotatable bonds is 6. The number of unbranched alkanes of at least 4 members (excludes halogenated alkanes) is 3. The summed E-state index contributed by atoms with van der Waals surface area (Å²) in [5.41, 5.74) is 0. The summed E-state index contributed by atoms with van der Waals surface area (Å²) in [6.07, 6.45) is 8.43. The van der Waals surface area contributed by atoms with Gasteiger partial charge in [0.25, 0.3) is 0 Å². The first kappa shape index (κ1) is 12.5. The summed E-state index contributed by atoms with van der Waals surface area (Å²) in [6, 6.07) is 0. The number of halogens is 1. The second-order valence-electron chi connectivity index (χ2n) is 4.52. The standard InChI is InChI=1S/C12H24BrN/c1-2-3-4-5-8-14-9-6-7-12(10-13)11-14/h12H,2-11H2,1H3. The highest BCUT2D eigenvalue weighted by atomic mass is 79.9. The quantitative estimate of drug-likeness (QED) is 0.521. The maximum atomic E-state index is 3.60. The number of piperidine rings is 1. The van der Waals surface area contributed by atoms with Gasteiger partial charge in [0, 0.05) is 11.9 Å². The molecule has 1 aliphatic heterocycles. The fraction of sp³-hybridized carbons (Fsp3) is 1.00. The van der Waals surface area contributed by atoms with Crippen molar-refractivity contribution in [1.82, 2.24) is 4.90 Å². The van der Waals surface area contributed by atoms with Crippen LogP contribution in [0.2, 0.25) is 0 Å². The van der Waals surface area contributed by atoms with E-state index in [9.17, 15) is 0 Å². The van der Waals surface area contributed by atoms with Gasteiger partial charge in [0.1, 0.15) is 0 Å². The highest BCUT2D eigenvalue weighted by Gasteiger charge is 2.17. The molecule has 0 spiro atoms. The zero-order valence-corrected chi connectivity index (χ0v) is 11.1. The van der Waals surface area contributed by atoms with E-state index >= 15 is 0 Å². The topological polar surface area (TPSA) is 3.24 Å². The van der Waals surface area contributed by atoms with Crippen molar-refractivity contribution in [3.8, 4) is 0 Å². The molecule has 84 valence electrons. The van der Waals surface area contributed by atoms with Gasteiger partial charge in [0.15, 0.2) is 0 Å². The number of nitrogens with zero attached hydrogens (tertiary/aromatic N) is 1. The Morgan fingerprint density at radius 1 is 1.29 bits per heavy atom. The van der Waals surface area contributed by atoms with Crippen molar-refractivity contribution >= 4 is 15.9 Å². The first-order valence-electron chi connectivity index (χ1n) is 6.15. The molecule has 0 saturated carbocycles. The highest BCUT2D eigenvalue weighted by Crippen LogP contribution is 2.18. The van der Waals surface area contributed by atoms with Crippen LogP contribution in [-0.2, 0) is 0 Å². The van der Waals surface area contributed by atoms with Gasteiger partial charge < -0.3 is 4.90 Å². The molecule has 1 rings (SSSR count). The molecule has 14 heavy (non-hydrogen) atoms. The van der Waals surface area contributed by atoms with Crippen molar-refractivity contribution in [1.29, 1.82) is 0 Å². The summed E-state index contributed by atoms with van der Waals surface area (Å²) in [5, 5.41) is 1.19. The Bertz CT molecular complexity index is 138. The third-order valence-corrected chi connectivity index (χ3v) is 4.06. The molecular weight excluding hydrogens is 238 g/mol. The molecule has 0 N–H and O–H groups in total. The van der Waals surface area contributed by atoms with E-state index in [1.165, 1.54) is 63.5 Å². The molecule has 0 amide bonds. The molecule has 1 atom stereocenters. The summed E-state index contributed by atoms with van der Waals surface area (Å²) in [7, 11) is 0. The number of hydrogen-bond acceptors (Lipinski definition) is 1. The predicted octanol–water partition coefficient (Wildman–Crippen LogP) is 3.67. The summed E-state index contributed by atoms with van der Waals surface area (Å²) in [5.74, 6) is 0.912. The van der Waals surface area contributed by atoms with Crippen molar-refractivity contribution in [2.45, 2.75) is 45.4 Å². The Labute approximate surface area is 97.4 Å². The first-order valence-corrected chi connectivity index (χ1v) is 7.27. The van der Waals surface area contributed by atoms with Crippen LogP contribution in [0, 0.1) is 5.92 Å². The summed E-state index contributed by atoms with van der Waals surface area (Å²) >= 11 is 3.60. The zero-order chi connectivity index (χ0) is 10.2. The van der Waals surface area contributed by atoms with Crippen LogP contribution >= 0.6 is 15.9 Å². The van der Waals surface area contributed by atoms with Crippen LogP contribution in [0.5, 0.6) is 0 Å². The van der Waals surface area contributed by atoms with Crippen molar-refractivity contribution < 1.29 is 0 Å². The number of hydrogen-bond donors (Lipinski definition) is 0. The van der Waals surface area contributed by atoms with E-state index < -0.39 is 0 Å². The van der Waals surface area contributed by atoms with E-state index in [1.54, 1.807) is 0 Å². The van der Waals surface area contributed by atoms with Crippen LogP contribution in [0.15, 0.2) is 0 Å². The van der Waals surface area contributed by atoms with Crippen LogP contribution in [0.25, 0.3) is 0 Å². The Kier molecular flexibility index (Phi) is 6.88. The van der Waals surface area contributed by atoms with Crippen LogP contribution in [0.3, 0.4) is 0 Å². The number of alkyl halides is 1. The third kappa shape index (κ3) is 4.79. The molecule has 1 nitrogen and oxygen atoms in total. The fourth-order valence-electron chi connectivity index (χ4n) is 2.24. The average Bonchev–Trinajstić information content (AvgIpc) is 2.25. The normalized spacial score (nSPS) is 24.0. The largest absolute Gasteiger partial charge is 0.303 e. The van der Waals surface area contributed by atoms with E-state index in [0.717, 1.165) is 5.92 Å². The zero-order valence-electron chi connectivity index (χ0n) is 9.47. The van der Waals surface area contributed by atoms with Crippen molar-refractivity contribution in [3.63, 3.8) is 0 Å². The lowest BCUT2D eigenvalue weighted by Crippen LogP contribution is -2.36. The molecule has 0 bridgehead atoms. The second-order valence-corrected chi connectivity index (χ2v) is 5.17. The molecule has 1 unspecified atom stereocenters. The molecular formula is C12H24BrN. The molecule has 0 radical (unpaired) electrons. The predicted molar refractivity (Wildman–Crippen MR) is 67.1 cm³/mol. The number of likely N-dealkylation sites (tertiary alicyclic amines) is 1. The lowest BCUT2D eigenvalue weighted by Gasteiger charge is -2.31. The fourth-order valence-corrected chi connectivity index (χ4v) is 2.77. The Hall–Kier alpha value is 0.440. The molecule has 2 heteroatoms. The minimum absolute atomic E-state index is 0.912. The lowest BCUT2D eigenvalue weighted by molar-refractivity contribution is 0.183. The summed E-state index contributed by atoms with van der Waals surface area (Å²) in [6.45, 7) is 6.29. The third-order valence-electron chi connectivity index (χ3n) is 3.15. The summed E-state index contributed by atoms with van der Waals surface area (Å²) < 4.78 is 0. The second kappa shape index (κ2) is 7.70. The monoisotopic (exact) mass is 261 g/mol. The van der Waals surface area contributed by atoms with Crippen LogP contribution in [0.1, 0.15) is 45.4 Å². The highest BCUT2D eigenvalue weighted by molar-refractivity contribution is 9.09. The Morgan fingerprint density at radius 2 is 2.14 bits per heavy atom. The van der Waals surface area contributed by atoms with Gasteiger partial charge >= 0.3 is 0 Å². The molecule has 1 fully saturated rings. The molecule has 0 aliphatic carbocycles. The first-order chi connectivity index (χ1) is 6.86. The molecule has 0 aromatic carbocycles. The molecule has 1 saturated heterocycles. The minimum atomic E-state index is 0.912. The van der Waals surface area contributed by atoms with E-state index in [2.05, 4.69) is 27.8 Å². The molecule has 0 aromatic rings. The van der Waals surface area contributed by atoms with Gasteiger partial charge in [-0.3, -0.25) is 0 Å². The smallest absolute Gasteiger partial charge is 0.00718 e. The van der Waals surface area contributed by atoms with Gasteiger partial charge in [-0.05, 0) is 38.3 Å². The van der Waals surface area contributed by atoms with Gasteiger partial charge in [-0.1, -0.05) is 42.1 Å². The van der Waals surface area contributed by atoms with E-state index in [0.29, 0.717) is 0 Å². The SMILES string of the molecule is CCCCCCN1CCCC(CBr)C1.